The van der Waals surface area contributed by atoms with E-state index in [0.717, 1.165) is 41.3 Å². The fourth-order valence-electron chi connectivity index (χ4n) is 2.84. The van der Waals surface area contributed by atoms with E-state index < -0.39 is 0 Å². The van der Waals surface area contributed by atoms with Crippen molar-refractivity contribution in [3.8, 4) is 0 Å². The van der Waals surface area contributed by atoms with Gasteiger partial charge < -0.3 is 14.1 Å². The minimum atomic E-state index is 0.0158. The average molecular weight is 299 g/mol. The highest BCUT2D eigenvalue weighted by molar-refractivity contribution is 5.86. The van der Waals surface area contributed by atoms with Crippen LogP contribution in [0, 0.1) is 0 Å². The molecular weight excluding hydrogens is 282 g/mol. The largest absolute Gasteiger partial charge is 0.464 e. The number of hydrogen-bond donors (Lipinski definition) is 1. The van der Waals surface area contributed by atoms with Crippen molar-refractivity contribution in [2.75, 3.05) is 24.7 Å². The molecule has 0 saturated carbocycles. The van der Waals surface area contributed by atoms with Gasteiger partial charge in [-0.25, -0.2) is 9.97 Å². The van der Waals surface area contributed by atoms with Crippen molar-refractivity contribution < 1.29 is 9.15 Å². The summed E-state index contributed by atoms with van der Waals surface area (Å²) in [6.07, 6.45) is 4.20. The monoisotopic (exact) mass is 299 g/mol. The van der Waals surface area contributed by atoms with E-state index in [9.17, 15) is 0 Å². The van der Waals surface area contributed by atoms with Gasteiger partial charge in [-0.3, -0.25) is 5.10 Å². The molecule has 0 bridgehead atoms. The SMILES string of the molecule is CCc1ccc([C@H]2COCCN2c2ncnc3[nH]ncc23)o1. The molecule has 1 aliphatic heterocycles. The highest BCUT2D eigenvalue weighted by Gasteiger charge is 2.29. The Labute approximate surface area is 127 Å². The molecule has 7 nitrogen and oxygen atoms in total. The Morgan fingerprint density at radius 1 is 1.36 bits per heavy atom. The lowest BCUT2D eigenvalue weighted by Gasteiger charge is -2.35. The second-order valence-electron chi connectivity index (χ2n) is 5.27. The van der Waals surface area contributed by atoms with E-state index in [-0.39, 0.29) is 6.04 Å². The van der Waals surface area contributed by atoms with Crippen LogP contribution in [-0.4, -0.2) is 39.9 Å². The van der Waals surface area contributed by atoms with E-state index in [1.165, 1.54) is 0 Å². The summed E-state index contributed by atoms with van der Waals surface area (Å²) in [7, 11) is 0. The van der Waals surface area contributed by atoms with Gasteiger partial charge in [0.1, 0.15) is 29.7 Å². The van der Waals surface area contributed by atoms with E-state index in [1.807, 2.05) is 12.1 Å². The molecule has 0 amide bonds. The summed E-state index contributed by atoms with van der Waals surface area (Å²) < 4.78 is 11.6. The number of morpholine rings is 1. The fourth-order valence-corrected chi connectivity index (χ4v) is 2.84. The molecule has 0 unspecified atom stereocenters. The second kappa shape index (κ2) is 5.42. The van der Waals surface area contributed by atoms with Crippen molar-refractivity contribution in [2.45, 2.75) is 19.4 Å². The number of aryl methyl sites for hydroxylation is 1. The number of H-pyrrole nitrogens is 1. The molecule has 0 radical (unpaired) electrons. The molecule has 22 heavy (non-hydrogen) atoms. The van der Waals surface area contributed by atoms with Gasteiger partial charge in [-0.15, -0.1) is 0 Å². The van der Waals surface area contributed by atoms with Gasteiger partial charge in [-0.1, -0.05) is 6.92 Å². The smallest absolute Gasteiger partial charge is 0.160 e. The van der Waals surface area contributed by atoms with Crippen molar-refractivity contribution in [3.63, 3.8) is 0 Å². The first-order valence-corrected chi connectivity index (χ1v) is 7.44. The van der Waals surface area contributed by atoms with Crippen LogP contribution < -0.4 is 4.90 Å². The van der Waals surface area contributed by atoms with E-state index in [1.54, 1.807) is 12.5 Å². The molecule has 0 aliphatic carbocycles. The van der Waals surface area contributed by atoms with Gasteiger partial charge >= 0.3 is 0 Å². The third kappa shape index (κ3) is 2.14. The third-order valence-corrected chi connectivity index (χ3v) is 3.99. The Morgan fingerprint density at radius 3 is 3.18 bits per heavy atom. The molecule has 114 valence electrons. The topological polar surface area (TPSA) is 80.1 Å². The standard InChI is InChI=1S/C15H17N5O2/c1-2-10-3-4-13(22-10)12-8-21-6-5-20(12)15-11-7-18-19-14(11)16-9-17-15/h3-4,7,9,12H,2,5-6,8H2,1H3,(H,16,17,18,19)/t12-/m1/s1. The quantitative estimate of drug-likeness (QED) is 0.797. The van der Waals surface area contributed by atoms with Gasteiger partial charge in [-0.05, 0) is 12.1 Å². The lowest BCUT2D eigenvalue weighted by molar-refractivity contribution is 0.0870. The van der Waals surface area contributed by atoms with Gasteiger partial charge in [0.15, 0.2) is 5.65 Å². The first kappa shape index (κ1) is 13.3. The average Bonchev–Trinajstić information content (AvgIpc) is 3.23. The minimum absolute atomic E-state index is 0.0158. The first-order chi connectivity index (χ1) is 10.9. The molecule has 1 aliphatic rings. The number of ether oxygens (including phenoxy) is 1. The molecule has 7 heteroatoms. The van der Waals surface area contributed by atoms with Crippen LogP contribution in [0.2, 0.25) is 0 Å². The van der Waals surface area contributed by atoms with Gasteiger partial charge in [-0.2, -0.15) is 5.10 Å². The van der Waals surface area contributed by atoms with Crippen molar-refractivity contribution >= 4 is 16.9 Å². The molecular formula is C15H17N5O2. The number of aromatic nitrogens is 4. The predicted molar refractivity (Wildman–Crippen MR) is 80.7 cm³/mol. The van der Waals surface area contributed by atoms with Crippen LogP contribution in [0.15, 0.2) is 29.1 Å². The summed E-state index contributed by atoms with van der Waals surface area (Å²) in [6, 6.07) is 4.07. The molecule has 3 aromatic heterocycles. The molecule has 4 heterocycles. The zero-order chi connectivity index (χ0) is 14.9. The minimum Gasteiger partial charge on any atom is -0.464 e. The summed E-state index contributed by atoms with van der Waals surface area (Å²) in [5, 5.41) is 7.86. The van der Waals surface area contributed by atoms with Gasteiger partial charge in [0.25, 0.3) is 0 Å². The first-order valence-electron chi connectivity index (χ1n) is 7.44. The van der Waals surface area contributed by atoms with Crippen molar-refractivity contribution in [1.82, 2.24) is 20.2 Å². The van der Waals surface area contributed by atoms with E-state index in [2.05, 4.69) is 32.0 Å². The van der Waals surface area contributed by atoms with Gasteiger partial charge in [0.05, 0.1) is 24.8 Å². The number of furan rings is 1. The number of nitrogens with zero attached hydrogens (tertiary/aromatic N) is 4. The Kier molecular flexibility index (Phi) is 3.27. The maximum Gasteiger partial charge on any atom is 0.160 e. The third-order valence-electron chi connectivity index (χ3n) is 3.99. The summed E-state index contributed by atoms with van der Waals surface area (Å²) in [4.78, 5) is 10.9. The molecule has 3 aromatic rings. The number of nitrogens with one attached hydrogen (secondary N) is 1. The van der Waals surface area contributed by atoms with E-state index in [0.29, 0.717) is 13.2 Å². The maximum atomic E-state index is 5.93. The molecule has 0 aromatic carbocycles. The number of hydrogen-bond acceptors (Lipinski definition) is 6. The molecule has 1 fully saturated rings. The van der Waals surface area contributed by atoms with Crippen molar-refractivity contribution in [1.29, 1.82) is 0 Å². The van der Waals surface area contributed by atoms with Crippen LogP contribution in [0.5, 0.6) is 0 Å². The molecule has 1 atom stereocenters. The van der Waals surface area contributed by atoms with Crippen LogP contribution in [0.1, 0.15) is 24.5 Å². The van der Waals surface area contributed by atoms with Crippen LogP contribution in [0.3, 0.4) is 0 Å². The molecule has 1 N–H and O–H groups in total. The zero-order valence-corrected chi connectivity index (χ0v) is 12.3. The zero-order valence-electron chi connectivity index (χ0n) is 12.3. The van der Waals surface area contributed by atoms with Gasteiger partial charge in [0.2, 0.25) is 0 Å². The highest BCUT2D eigenvalue weighted by Crippen LogP contribution is 2.32. The maximum absolute atomic E-state index is 5.93. The second-order valence-corrected chi connectivity index (χ2v) is 5.27. The lowest BCUT2D eigenvalue weighted by Crippen LogP contribution is -2.40. The Morgan fingerprint density at radius 2 is 2.32 bits per heavy atom. The lowest BCUT2D eigenvalue weighted by atomic mass is 10.1. The molecule has 0 spiro atoms. The van der Waals surface area contributed by atoms with E-state index in [4.69, 9.17) is 9.15 Å². The highest BCUT2D eigenvalue weighted by atomic mass is 16.5. The summed E-state index contributed by atoms with van der Waals surface area (Å²) in [5.74, 6) is 2.75. The number of anilines is 1. The normalized spacial score (nSPS) is 19.0. The van der Waals surface area contributed by atoms with Crippen LogP contribution in [0.4, 0.5) is 5.82 Å². The number of aromatic amines is 1. The molecule has 4 rings (SSSR count). The van der Waals surface area contributed by atoms with Crippen LogP contribution >= 0.6 is 0 Å². The Bertz CT molecular complexity index is 781. The van der Waals surface area contributed by atoms with Crippen molar-refractivity contribution in [3.05, 3.63) is 36.2 Å². The van der Waals surface area contributed by atoms with Gasteiger partial charge in [0, 0.05) is 13.0 Å². The summed E-state index contributed by atoms with van der Waals surface area (Å²) >= 11 is 0. The Balaban J connectivity index is 1.75. The predicted octanol–water partition coefficient (Wildman–Crippen LogP) is 2.09. The van der Waals surface area contributed by atoms with Crippen LogP contribution in [0.25, 0.3) is 11.0 Å². The van der Waals surface area contributed by atoms with Crippen molar-refractivity contribution in [2.24, 2.45) is 0 Å². The Hall–Kier alpha value is -2.41. The summed E-state index contributed by atoms with van der Waals surface area (Å²) in [6.45, 7) is 4.09. The fraction of sp³-hybridized carbons (Fsp3) is 0.400. The molecule has 1 saturated heterocycles. The number of rotatable bonds is 3. The van der Waals surface area contributed by atoms with Crippen LogP contribution in [-0.2, 0) is 11.2 Å². The van der Waals surface area contributed by atoms with E-state index >= 15 is 0 Å². The summed E-state index contributed by atoms with van der Waals surface area (Å²) in [5.41, 5.74) is 0.740. The number of fused-ring (bicyclic) bond motifs is 1.